The Morgan fingerprint density at radius 1 is 1.39 bits per heavy atom. The van der Waals surface area contributed by atoms with Gasteiger partial charge in [-0.2, -0.15) is 0 Å². The zero-order valence-corrected chi connectivity index (χ0v) is 12.2. The van der Waals surface area contributed by atoms with Crippen LogP contribution in [0.5, 0.6) is 0 Å². The molecule has 4 heteroatoms. The molecule has 2 fully saturated rings. The van der Waals surface area contributed by atoms with Gasteiger partial charge in [-0.3, -0.25) is 0 Å². The number of nitrogens with one attached hydrogen (secondary N) is 1. The normalized spacial score (nSPS) is 23.9. The van der Waals surface area contributed by atoms with Crippen molar-refractivity contribution < 1.29 is 0 Å². The van der Waals surface area contributed by atoms with Crippen LogP contribution in [0, 0.1) is 6.92 Å². The summed E-state index contributed by atoms with van der Waals surface area (Å²) in [6, 6.07) is 1.50. The molecule has 1 atom stereocenters. The molecule has 0 amide bonds. The molecule has 3 nitrogen and oxygen atoms in total. The van der Waals surface area contributed by atoms with Gasteiger partial charge >= 0.3 is 0 Å². The van der Waals surface area contributed by atoms with Gasteiger partial charge in [0.1, 0.15) is 0 Å². The van der Waals surface area contributed by atoms with Gasteiger partial charge in [0.25, 0.3) is 0 Å². The highest BCUT2D eigenvalue weighted by Crippen LogP contribution is 2.33. The second-order valence-electron chi connectivity index (χ2n) is 5.56. The molecule has 2 aliphatic rings. The van der Waals surface area contributed by atoms with Gasteiger partial charge in [-0.05, 0) is 39.0 Å². The Kier molecular flexibility index (Phi) is 3.57. The molecule has 1 aromatic rings. The van der Waals surface area contributed by atoms with Gasteiger partial charge in [-0.25, -0.2) is 4.98 Å². The van der Waals surface area contributed by atoms with E-state index in [4.69, 9.17) is 4.98 Å². The average molecular weight is 265 g/mol. The SMILES string of the molecule is CCC1CCCN1c1nc(C)c(CNC2CC2)s1. The second kappa shape index (κ2) is 5.17. The van der Waals surface area contributed by atoms with Crippen LogP contribution in [-0.2, 0) is 6.54 Å². The highest BCUT2D eigenvalue weighted by molar-refractivity contribution is 7.15. The molecule has 18 heavy (non-hydrogen) atoms. The summed E-state index contributed by atoms with van der Waals surface area (Å²) in [6.07, 6.45) is 6.62. The third-order valence-corrected chi connectivity index (χ3v) is 5.30. The van der Waals surface area contributed by atoms with E-state index in [9.17, 15) is 0 Å². The van der Waals surface area contributed by atoms with Crippen LogP contribution in [0.4, 0.5) is 5.13 Å². The first-order valence-electron chi connectivity index (χ1n) is 7.24. The lowest BCUT2D eigenvalue weighted by molar-refractivity contribution is 0.644. The summed E-state index contributed by atoms with van der Waals surface area (Å²) >= 11 is 1.90. The Bertz CT molecular complexity index is 411. The molecule has 1 N–H and O–H groups in total. The van der Waals surface area contributed by atoms with E-state index in [1.165, 1.54) is 54.4 Å². The summed E-state index contributed by atoms with van der Waals surface area (Å²) < 4.78 is 0. The van der Waals surface area contributed by atoms with E-state index in [0.29, 0.717) is 0 Å². The van der Waals surface area contributed by atoms with E-state index in [2.05, 4.69) is 24.1 Å². The van der Waals surface area contributed by atoms with Crippen molar-refractivity contribution in [3.05, 3.63) is 10.6 Å². The van der Waals surface area contributed by atoms with Gasteiger partial charge in [0.15, 0.2) is 5.13 Å². The topological polar surface area (TPSA) is 28.2 Å². The third kappa shape index (κ3) is 2.54. The first-order valence-corrected chi connectivity index (χ1v) is 8.06. The fourth-order valence-corrected chi connectivity index (χ4v) is 3.85. The summed E-state index contributed by atoms with van der Waals surface area (Å²) in [6.45, 7) is 6.65. The monoisotopic (exact) mass is 265 g/mol. The molecular formula is C14H23N3S. The van der Waals surface area contributed by atoms with Crippen LogP contribution >= 0.6 is 11.3 Å². The van der Waals surface area contributed by atoms with Crippen molar-refractivity contribution in [2.24, 2.45) is 0 Å². The zero-order chi connectivity index (χ0) is 12.5. The molecule has 100 valence electrons. The van der Waals surface area contributed by atoms with Crippen molar-refractivity contribution >= 4 is 16.5 Å². The van der Waals surface area contributed by atoms with Crippen molar-refractivity contribution in [2.45, 2.75) is 64.6 Å². The minimum absolute atomic E-state index is 0.722. The minimum Gasteiger partial charge on any atom is -0.345 e. The standard InChI is InChI=1S/C14H23N3S/c1-3-12-5-4-8-17(12)14-16-10(2)13(18-14)9-15-11-6-7-11/h11-12,15H,3-9H2,1-2H3. The molecule has 1 unspecified atom stereocenters. The molecule has 1 saturated carbocycles. The quantitative estimate of drug-likeness (QED) is 0.887. The Morgan fingerprint density at radius 2 is 2.22 bits per heavy atom. The lowest BCUT2D eigenvalue weighted by atomic mass is 10.2. The maximum Gasteiger partial charge on any atom is 0.186 e. The van der Waals surface area contributed by atoms with Crippen LogP contribution in [0.1, 0.15) is 49.6 Å². The predicted octanol–water partition coefficient (Wildman–Crippen LogP) is 3.08. The molecule has 1 aromatic heterocycles. The summed E-state index contributed by atoms with van der Waals surface area (Å²) in [5.41, 5.74) is 1.23. The van der Waals surface area contributed by atoms with Crippen molar-refractivity contribution in [3.63, 3.8) is 0 Å². The fraction of sp³-hybridized carbons (Fsp3) is 0.786. The van der Waals surface area contributed by atoms with Gasteiger partial charge in [0.05, 0.1) is 5.69 Å². The van der Waals surface area contributed by atoms with E-state index < -0.39 is 0 Å². The van der Waals surface area contributed by atoms with Crippen LogP contribution < -0.4 is 10.2 Å². The van der Waals surface area contributed by atoms with Crippen LogP contribution in [0.3, 0.4) is 0 Å². The first kappa shape index (κ1) is 12.4. The predicted molar refractivity (Wildman–Crippen MR) is 77.4 cm³/mol. The molecule has 0 spiro atoms. The van der Waals surface area contributed by atoms with Crippen LogP contribution in [0.15, 0.2) is 0 Å². The van der Waals surface area contributed by atoms with Crippen molar-refractivity contribution in [2.75, 3.05) is 11.4 Å². The maximum absolute atomic E-state index is 4.79. The lowest BCUT2D eigenvalue weighted by Gasteiger charge is -2.22. The highest BCUT2D eigenvalue weighted by atomic mass is 32.1. The average Bonchev–Trinajstić information content (AvgIpc) is 2.95. The summed E-state index contributed by atoms with van der Waals surface area (Å²) in [7, 11) is 0. The van der Waals surface area contributed by atoms with Crippen molar-refractivity contribution in [3.8, 4) is 0 Å². The van der Waals surface area contributed by atoms with Gasteiger partial charge in [0.2, 0.25) is 0 Å². The van der Waals surface area contributed by atoms with E-state index in [-0.39, 0.29) is 0 Å². The number of hydrogen-bond acceptors (Lipinski definition) is 4. The van der Waals surface area contributed by atoms with Gasteiger partial charge in [-0.15, -0.1) is 11.3 Å². The largest absolute Gasteiger partial charge is 0.345 e. The van der Waals surface area contributed by atoms with E-state index in [1.807, 2.05) is 11.3 Å². The molecular weight excluding hydrogens is 242 g/mol. The Hall–Kier alpha value is -0.610. The third-order valence-electron chi connectivity index (χ3n) is 4.10. The van der Waals surface area contributed by atoms with Crippen molar-refractivity contribution in [1.82, 2.24) is 10.3 Å². The zero-order valence-electron chi connectivity index (χ0n) is 11.4. The number of aryl methyl sites for hydroxylation is 1. The smallest absolute Gasteiger partial charge is 0.186 e. The second-order valence-corrected chi connectivity index (χ2v) is 6.62. The Balaban J connectivity index is 1.69. The molecule has 0 radical (unpaired) electrons. The van der Waals surface area contributed by atoms with Crippen LogP contribution in [0.25, 0.3) is 0 Å². The van der Waals surface area contributed by atoms with Gasteiger partial charge in [0, 0.05) is 30.1 Å². The molecule has 2 heterocycles. The molecule has 3 rings (SSSR count). The molecule has 0 bridgehead atoms. The summed E-state index contributed by atoms with van der Waals surface area (Å²) in [4.78, 5) is 8.75. The molecule has 0 aromatic carbocycles. The maximum atomic E-state index is 4.79. The molecule has 1 saturated heterocycles. The van der Waals surface area contributed by atoms with E-state index >= 15 is 0 Å². The number of anilines is 1. The minimum atomic E-state index is 0.722. The Labute approximate surface area is 114 Å². The number of nitrogens with zero attached hydrogens (tertiary/aromatic N) is 2. The van der Waals surface area contributed by atoms with Gasteiger partial charge in [-0.1, -0.05) is 6.92 Å². The molecule has 1 aliphatic carbocycles. The summed E-state index contributed by atoms with van der Waals surface area (Å²) in [5.74, 6) is 0. The van der Waals surface area contributed by atoms with Gasteiger partial charge < -0.3 is 10.2 Å². The highest BCUT2D eigenvalue weighted by Gasteiger charge is 2.26. The van der Waals surface area contributed by atoms with E-state index in [0.717, 1.165) is 18.6 Å². The lowest BCUT2D eigenvalue weighted by Crippen LogP contribution is -2.28. The number of aromatic nitrogens is 1. The fourth-order valence-electron chi connectivity index (χ4n) is 2.74. The first-order chi connectivity index (χ1) is 8.78. The molecule has 1 aliphatic heterocycles. The van der Waals surface area contributed by atoms with Crippen LogP contribution in [0.2, 0.25) is 0 Å². The van der Waals surface area contributed by atoms with Crippen LogP contribution in [-0.4, -0.2) is 23.6 Å². The number of thiazole rings is 1. The van der Waals surface area contributed by atoms with Crippen molar-refractivity contribution in [1.29, 1.82) is 0 Å². The number of rotatable bonds is 5. The summed E-state index contributed by atoms with van der Waals surface area (Å²) in [5, 5.41) is 4.85. The number of hydrogen-bond donors (Lipinski definition) is 1. The van der Waals surface area contributed by atoms with E-state index in [1.54, 1.807) is 0 Å². The Morgan fingerprint density at radius 3 is 2.94 bits per heavy atom.